The molecule has 7 nitrogen and oxygen atoms in total. The molecule has 0 saturated carbocycles. The fraction of sp³-hybridized carbons (Fsp3) is 0.500. The van der Waals surface area contributed by atoms with Crippen LogP contribution in [-0.4, -0.2) is 33.1 Å². The Morgan fingerprint density at radius 1 is 1.26 bits per heavy atom. The molecule has 0 unspecified atom stereocenters. The summed E-state index contributed by atoms with van der Waals surface area (Å²) in [6, 6.07) is 7.90. The molecule has 2 aliphatic heterocycles. The fourth-order valence-corrected chi connectivity index (χ4v) is 4.00. The van der Waals surface area contributed by atoms with Crippen molar-refractivity contribution in [1.82, 2.24) is 20.1 Å². The molecule has 1 N–H and O–H groups in total. The zero-order valence-corrected chi connectivity index (χ0v) is 15.6. The molecule has 1 aromatic heterocycles. The van der Waals surface area contributed by atoms with Crippen LogP contribution in [0.1, 0.15) is 43.4 Å². The van der Waals surface area contributed by atoms with Gasteiger partial charge in [-0.3, -0.25) is 9.59 Å². The molecule has 3 heterocycles. The number of rotatable bonds is 5. The summed E-state index contributed by atoms with van der Waals surface area (Å²) in [6.07, 6.45) is 4.32. The van der Waals surface area contributed by atoms with Crippen LogP contribution in [0, 0.1) is 5.92 Å². The molecule has 142 valence electrons. The Balaban J connectivity index is 1.40. The van der Waals surface area contributed by atoms with E-state index in [0.717, 1.165) is 55.1 Å². The molecular weight excluding hydrogens is 342 g/mol. The van der Waals surface area contributed by atoms with E-state index in [9.17, 15) is 9.59 Å². The maximum absolute atomic E-state index is 12.6. The lowest BCUT2D eigenvalue weighted by atomic mass is 10.1. The van der Waals surface area contributed by atoms with Gasteiger partial charge in [-0.05, 0) is 30.9 Å². The van der Waals surface area contributed by atoms with Gasteiger partial charge in [0.05, 0.1) is 12.5 Å². The van der Waals surface area contributed by atoms with Crippen LogP contribution in [0.3, 0.4) is 0 Å². The van der Waals surface area contributed by atoms with E-state index >= 15 is 0 Å². The summed E-state index contributed by atoms with van der Waals surface area (Å²) in [7, 11) is 0. The molecule has 1 fully saturated rings. The number of benzene rings is 1. The van der Waals surface area contributed by atoms with Gasteiger partial charge >= 0.3 is 0 Å². The summed E-state index contributed by atoms with van der Waals surface area (Å²) < 4.78 is 2.10. The van der Waals surface area contributed by atoms with E-state index in [1.807, 2.05) is 24.3 Å². The van der Waals surface area contributed by atoms with Crippen molar-refractivity contribution < 1.29 is 9.59 Å². The van der Waals surface area contributed by atoms with Crippen LogP contribution >= 0.6 is 0 Å². The first-order valence-corrected chi connectivity index (χ1v) is 9.74. The number of hydrogen-bond acceptors (Lipinski definition) is 4. The number of hydrogen-bond donors (Lipinski definition) is 1. The predicted octanol–water partition coefficient (Wildman–Crippen LogP) is 1.85. The van der Waals surface area contributed by atoms with Gasteiger partial charge in [-0.15, -0.1) is 10.2 Å². The second-order valence-corrected chi connectivity index (χ2v) is 7.25. The standard InChI is InChI=1S/C20H25N5O2/c1-2-14-7-3-4-8-16(14)25-13-15(11-19(25)26)20(27)21-12-18-23-22-17-9-5-6-10-24(17)18/h3-4,7-8,15H,2,5-6,9-13H2,1H3,(H,21,27)/t15-/m1/s1. The van der Waals surface area contributed by atoms with Crippen LogP contribution < -0.4 is 10.2 Å². The van der Waals surface area contributed by atoms with E-state index in [1.54, 1.807) is 4.90 Å². The number of aryl methyl sites for hydroxylation is 2. The third kappa shape index (κ3) is 3.46. The van der Waals surface area contributed by atoms with Crippen molar-refractivity contribution in [2.45, 2.75) is 52.1 Å². The number of para-hydroxylation sites is 1. The topological polar surface area (TPSA) is 80.1 Å². The lowest BCUT2D eigenvalue weighted by Crippen LogP contribution is -2.33. The number of carbonyl (C=O) groups excluding carboxylic acids is 2. The van der Waals surface area contributed by atoms with Crippen LogP contribution in [0.25, 0.3) is 0 Å². The molecule has 1 aromatic carbocycles. The number of nitrogens with one attached hydrogen (secondary N) is 1. The van der Waals surface area contributed by atoms with E-state index < -0.39 is 0 Å². The molecule has 4 rings (SSSR count). The third-order valence-corrected chi connectivity index (χ3v) is 5.52. The van der Waals surface area contributed by atoms with Gasteiger partial charge in [-0.1, -0.05) is 25.1 Å². The van der Waals surface area contributed by atoms with Crippen molar-refractivity contribution in [3.05, 3.63) is 41.5 Å². The smallest absolute Gasteiger partial charge is 0.227 e. The summed E-state index contributed by atoms with van der Waals surface area (Å²) in [5.74, 6) is 1.40. The summed E-state index contributed by atoms with van der Waals surface area (Å²) in [5, 5.41) is 11.4. The average Bonchev–Trinajstić information content (AvgIpc) is 3.29. The van der Waals surface area contributed by atoms with Gasteiger partial charge in [0.15, 0.2) is 5.82 Å². The fourth-order valence-electron chi connectivity index (χ4n) is 4.00. The summed E-state index contributed by atoms with van der Waals surface area (Å²) in [4.78, 5) is 26.9. The number of nitrogens with zero attached hydrogens (tertiary/aromatic N) is 4. The molecule has 1 saturated heterocycles. The lowest BCUT2D eigenvalue weighted by Gasteiger charge is -2.20. The highest BCUT2D eigenvalue weighted by molar-refractivity contribution is 6.00. The van der Waals surface area contributed by atoms with Crippen molar-refractivity contribution >= 4 is 17.5 Å². The van der Waals surface area contributed by atoms with Gasteiger partial charge in [0.2, 0.25) is 11.8 Å². The Morgan fingerprint density at radius 2 is 2.11 bits per heavy atom. The molecule has 0 bridgehead atoms. The molecule has 7 heteroatoms. The minimum Gasteiger partial charge on any atom is -0.348 e. The van der Waals surface area contributed by atoms with Crippen molar-refractivity contribution in [2.24, 2.45) is 5.92 Å². The molecule has 0 spiro atoms. The van der Waals surface area contributed by atoms with E-state index in [1.165, 1.54) is 0 Å². The monoisotopic (exact) mass is 367 g/mol. The minimum atomic E-state index is -0.328. The Labute approximate surface area is 158 Å². The summed E-state index contributed by atoms with van der Waals surface area (Å²) in [6.45, 7) is 3.78. The second-order valence-electron chi connectivity index (χ2n) is 7.25. The highest BCUT2D eigenvalue weighted by Crippen LogP contribution is 2.28. The lowest BCUT2D eigenvalue weighted by molar-refractivity contribution is -0.126. The number of anilines is 1. The maximum Gasteiger partial charge on any atom is 0.227 e. The van der Waals surface area contributed by atoms with Gasteiger partial charge in [0, 0.05) is 31.6 Å². The number of aromatic nitrogens is 3. The number of fused-ring (bicyclic) bond motifs is 1. The molecule has 0 radical (unpaired) electrons. The van der Waals surface area contributed by atoms with Crippen LogP contribution in [0.4, 0.5) is 5.69 Å². The average molecular weight is 367 g/mol. The zero-order valence-electron chi connectivity index (χ0n) is 15.6. The quantitative estimate of drug-likeness (QED) is 0.875. The van der Waals surface area contributed by atoms with E-state index in [-0.39, 0.29) is 24.2 Å². The first-order valence-electron chi connectivity index (χ1n) is 9.74. The van der Waals surface area contributed by atoms with Crippen LogP contribution in [0.2, 0.25) is 0 Å². The largest absolute Gasteiger partial charge is 0.348 e. The zero-order chi connectivity index (χ0) is 18.8. The Morgan fingerprint density at radius 3 is 2.96 bits per heavy atom. The number of amides is 2. The van der Waals surface area contributed by atoms with Crippen LogP contribution in [-0.2, 0) is 35.5 Å². The first kappa shape index (κ1) is 17.7. The van der Waals surface area contributed by atoms with Gasteiger partial charge in [0.1, 0.15) is 5.82 Å². The van der Waals surface area contributed by atoms with Gasteiger partial charge < -0.3 is 14.8 Å². The van der Waals surface area contributed by atoms with Gasteiger partial charge in [0.25, 0.3) is 0 Å². The normalized spacial score (nSPS) is 19.2. The Kier molecular flexibility index (Phi) is 4.92. The Bertz CT molecular complexity index is 860. The van der Waals surface area contributed by atoms with Gasteiger partial charge in [-0.2, -0.15) is 0 Å². The molecule has 2 amide bonds. The van der Waals surface area contributed by atoms with Crippen molar-refractivity contribution in [1.29, 1.82) is 0 Å². The Hall–Kier alpha value is -2.70. The highest BCUT2D eigenvalue weighted by Gasteiger charge is 2.35. The molecular formula is C20H25N5O2. The van der Waals surface area contributed by atoms with Gasteiger partial charge in [-0.25, -0.2) is 0 Å². The van der Waals surface area contributed by atoms with E-state index in [4.69, 9.17) is 0 Å². The van der Waals surface area contributed by atoms with E-state index in [0.29, 0.717) is 13.1 Å². The molecule has 2 aliphatic rings. The number of carbonyl (C=O) groups is 2. The SMILES string of the molecule is CCc1ccccc1N1C[C@H](C(=O)NCc2nnc3n2CCCC3)CC1=O. The van der Waals surface area contributed by atoms with Crippen molar-refractivity contribution in [3.63, 3.8) is 0 Å². The first-order chi connectivity index (χ1) is 13.2. The van der Waals surface area contributed by atoms with Crippen LogP contribution in [0.15, 0.2) is 24.3 Å². The molecule has 0 aliphatic carbocycles. The maximum atomic E-state index is 12.6. The highest BCUT2D eigenvalue weighted by atomic mass is 16.2. The predicted molar refractivity (Wildman–Crippen MR) is 101 cm³/mol. The van der Waals surface area contributed by atoms with Crippen LogP contribution in [0.5, 0.6) is 0 Å². The third-order valence-electron chi connectivity index (χ3n) is 5.52. The second kappa shape index (κ2) is 7.50. The molecule has 2 aromatic rings. The molecule has 1 atom stereocenters. The van der Waals surface area contributed by atoms with Crippen molar-refractivity contribution in [2.75, 3.05) is 11.4 Å². The summed E-state index contributed by atoms with van der Waals surface area (Å²) in [5.41, 5.74) is 2.05. The summed E-state index contributed by atoms with van der Waals surface area (Å²) >= 11 is 0. The minimum absolute atomic E-state index is 0.0101. The molecule has 27 heavy (non-hydrogen) atoms. The van der Waals surface area contributed by atoms with E-state index in [2.05, 4.69) is 27.0 Å². The van der Waals surface area contributed by atoms with Crippen molar-refractivity contribution in [3.8, 4) is 0 Å².